The predicted octanol–water partition coefficient (Wildman–Crippen LogP) is 4.18. The third-order valence-corrected chi connectivity index (χ3v) is 11.7. The molecule has 3 saturated heterocycles. The fourth-order valence-corrected chi connectivity index (χ4v) is 8.60. The van der Waals surface area contributed by atoms with E-state index in [1.165, 1.54) is 0 Å². The number of fused-ring (bicyclic) bond motifs is 2. The Morgan fingerprint density at radius 2 is 1.60 bits per heavy atom. The fraction of sp³-hybridized carbons (Fsp3) is 0.304. The number of nitrogens with zero attached hydrogens (tertiary/aromatic N) is 7. The Morgan fingerprint density at radius 3 is 2.32 bits per heavy atom. The first-order valence-corrected chi connectivity index (χ1v) is 20.3. The fourth-order valence-electron chi connectivity index (χ4n) is 8.60. The van der Waals surface area contributed by atoms with Crippen LogP contribution in [0.3, 0.4) is 0 Å². The Kier molecular flexibility index (Phi) is 11.7. The number of aryl methyl sites for hydroxylation is 1. The molecular weight excluding hydrogens is 759 g/mol. The van der Waals surface area contributed by atoms with Gasteiger partial charge in [-0.25, -0.2) is 19.8 Å². The van der Waals surface area contributed by atoms with E-state index in [1.807, 2.05) is 78.8 Å². The number of piperazine rings is 2. The molecule has 0 saturated carbocycles. The standard InChI is InChI=1S/C46H51N9O5/c1-4-21-53-31-42(57)54-40(26-32-13-19-37(56)20-14-32)45(59)51(30-41(54)55(53)46(60)47-27-33-9-6-5-7-10-33)28-36-11-8-12-38-39(29-50(3)43(36)38)34-15-17-35(18-16-34)44(58)48-52-24-22-49(2)23-25-52/h4-20,29,40-41,56H,1,21-28,30-31H2,2-3H3,(H,47,60)(H,48,58)/t40-,41-/m0/s1. The van der Waals surface area contributed by atoms with Crippen LogP contribution in [0.25, 0.3) is 22.0 Å². The average molecular weight is 810 g/mol. The molecule has 0 aliphatic carbocycles. The van der Waals surface area contributed by atoms with Crippen molar-refractivity contribution in [1.29, 1.82) is 0 Å². The van der Waals surface area contributed by atoms with Crippen LogP contribution in [-0.2, 0) is 36.1 Å². The summed E-state index contributed by atoms with van der Waals surface area (Å²) in [4.78, 5) is 61.7. The highest BCUT2D eigenvalue weighted by molar-refractivity contribution is 5.99. The number of hydrazine groups is 2. The Hall–Kier alpha value is -6.48. The maximum absolute atomic E-state index is 14.8. The second-order valence-corrected chi connectivity index (χ2v) is 15.8. The number of phenolic OH excluding ortho intramolecular Hbond substituents is 1. The molecule has 14 heteroatoms. The Bertz CT molecular complexity index is 2380. The number of benzene rings is 4. The highest BCUT2D eigenvalue weighted by Gasteiger charge is 2.51. The summed E-state index contributed by atoms with van der Waals surface area (Å²) in [5.74, 6) is -0.533. The first-order valence-electron chi connectivity index (χ1n) is 20.3. The molecule has 3 N–H and O–H groups in total. The number of carbonyl (C=O) groups is 4. The van der Waals surface area contributed by atoms with Crippen molar-refractivity contribution in [3.05, 3.63) is 138 Å². The Morgan fingerprint density at radius 1 is 0.867 bits per heavy atom. The van der Waals surface area contributed by atoms with Crippen LogP contribution in [-0.4, -0.2) is 128 Å². The van der Waals surface area contributed by atoms with E-state index >= 15 is 0 Å². The number of nitrogens with one attached hydrogen (secondary N) is 2. The van der Waals surface area contributed by atoms with E-state index in [0.717, 1.165) is 64.9 Å². The van der Waals surface area contributed by atoms with Crippen LogP contribution in [0, 0.1) is 0 Å². The summed E-state index contributed by atoms with van der Waals surface area (Å²) >= 11 is 0. The van der Waals surface area contributed by atoms with Crippen LogP contribution in [0.1, 0.15) is 27.0 Å². The number of urea groups is 1. The molecule has 4 aromatic carbocycles. The molecule has 5 amide bonds. The number of amides is 5. The zero-order valence-corrected chi connectivity index (χ0v) is 34.0. The van der Waals surface area contributed by atoms with Crippen LogP contribution in [0.15, 0.2) is 116 Å². The van der Waals surface area contributed by atoms with Crippen LogP contribution >= 0.6 is 0 Å². The minimum Gasteiger partial charge on any atom is -0.508 e. The molecule has 14 nitrogen and oxygen atoms in total. The Labute approximate surface area is 349 Å². The highest BCUT2D eigenvalue weighted by atomic mass is 16.3. The van der Waals surface area contributed by atoms with Crippen LogP contribution in [0.2, 0.25) is 0 Å². The summed E-state index contributed by atoms with van der Waals surface area (Å²) in [5, 5.41) is 19.3. The molecule has 2 atom stereocenters. The molecule has 3 aliphatic rings. The number of rotatable bonds is 11. The quantitative estimate of drug-likeness (QED) is 0.169. The highest BCUT2D eigenvalue weighted by Crippen LogP contribution is 2.35. The van der Waals surface area contributed by atoms with E-state index in [0.29, 0.717) is 5.56 Å². The van der Waals surface area contributed by atoms with Gasteiger partial charge < -0.3 is 29.7 Å². The van der Waals surface area contributed by atoms with Crippen molar-refractivity contribution < 1.29 is 24.3 Å². The summed E-state index contributed by atoms with van der Waals surface area (Å²) in [6.45, 7) is 7.96. The zero-order valence-electron chi connectivity index (χ0n) is 34.0. The first-order chi connectivity index (χ1) is 29.1. The number of hydrogen-bond acceptors (Lipinski definition) is 8. The van der Waals surface area contributed by atoms with E-state index in [-0.39, 0.29) is 62.6 Å². The third kappa shape index (κ3) is 8.35. The second-order valence-electron chi connectivity index (χ2n) is 15.8. The van der Waals surface area contributed by atoms with Gasteiger partial charge in [-0.15, -0.1) is 6.58 Å². The summed E-state index contributed by atoms with van der Waals surface area (Å²) in [6.07, 6.45) is 3.11. The van der Waals surface area contributed by atoms with Crippen molar-refractivity contribution >= 4 is 34.7 Å². The maximum Gasteiger partial charge on any atom is 0.334 e. The van der Waals surface area contributed by atoms with E-state index < -0.39 is 18.2 Å². The molecular formula is C46H51N9O5. The molecule has 4 heterocycles. The van der Waals surface area contributed by atoms with Gasteiger partial charge in [-0.2, -0.15) is 0 Å². The van der Waals surface area contributed by atoms with Gasteiger partial charge in [0.1, 0.15) is 18.0 Å². The second kappa shape index (κ2) is 17.4. The molecule has 60 heavy (non-hydrogen) atoms. The minimum atomic E-state index is -0.911. The molecule has 5 aromatic rings. The number of aromatic hydroxyl groups is 1. The van der Waals surface area contributed by atoms with Gasteiger partial charge in [0, 0.05) is 82.0 Å². The Balaban J connectivity index is 1.09. The van der Waals surface area contributed by atoms with E-state index in [1.54, 1.807) is 50.2 Å². The topological polar surface area (TPSA) is 137 Å². The van der Waals surface area contributed by atoms with Crippen molar-refractivity contribution in [1.82, 2.24) is 45.0 Å². The van der Waals surface area contributed by atoms with Crippen molar-refractivity contribution in [2.24, 2.45) is 7.05 Å². The molecule has 0 bridgehead atoms. The molecule has 3 aliphatic heterocycles. The van der Waals surface area contributed by atoms with E-state index in [4.69, 9.17) is 0 Å². The molecule has 8 rings (SSSR count). The van der Waals surface area contributed by atoms with Crippen LogP contribution in [0.4, 0.5) is 4.79 Å². The lowest BCUT2D eigenvalue weighted by Crippen LogP contribution is -2.76. The SMILES string of the molecule is C=CCN1CC(=O)N2[C@@H](Cc3ccc(O)cc3)C(=O)N(Cc3cccc4c(-c5ccc(C(=O)NN6CCN(C)CC6)cc5)cn(C)c34)C[C@@H]2N1C(=O)NCc1ccccc1. The number of hydrogen-bond donors (Lipinski definition) is 3. The van der Waals surface area contributed by atoms with Crippen LogP contribution in [0.5, 0.6) is 5.75 Å². The predicted molar refractivity (Wildman–Crippen MR) is 229 cm³/mol. The first kappa shape index (κ1) is 40.3. The van der Waals surface area contributed by atoms with Crippen molar-refractivity contribution in [3.8, 4) is 16.9 Å². The van der Waals surface area contributed by atoms with Gasteiger partial charge >= 0.3 is 6.03 Å². The molecule has 0 unspecified atom stereocenters. The zero-order chi connectivity index (χ0) is 41.9. The summed E-state index contributed by atoms with van der Waals surface area (Å²) < 4.78 is 2.06. The smallest absolute Gasteiger partial charge is 0.334 e. The number of para-hydroxylation sites is 1. The van der Waals surface area contributed by atoms with E-state index in [9.17, 15) is 24.3 Å². The lowest BCUT2D eigenvalue weighted by Gasteiger charge is -2.55. The van der Waals surface area contributed by atoms with Crippen molar-refractivity contribution in [2.45, 2.75) is 31.7 Å². The lowest BCUT2D eigenvalue weighted by molar-refractivity contribution is -0.189. The third-order valence-electron chi connectivity index (χ3n) is 11.7. The van der Waals surface area contributed by atoms with Gasteiger partial charge in [0.2, 0.25) is 11.8 Å². The lowest BCUT2D eigenvalue weighted by atomic mass is 9.97. The van der Waals surface area contributed by atoms with Gasteiger partial charge in [0.05, 0.1) is 18.6 Å². The summed E-state index contributed by atoms with van der Waals surface area (Å²) in [6, 6.07) is 28.6. The number of phenols is 1. The minimum absolute atomic E-state index is 0.0778. The van der Waals surface area contributed by atoms with Gasteiger partial charge in [0.15, 0.2) is 0 Å². The molecule has 1 aromatic heterocycles. The van der Waals surface area contributed by atoms with Gasteiger partial charge in [-0.3, -0.25) is 19.8 Å². The van der Waals surface area contributed by atoms with Gasteiger partial charge in [-0.05, 0) is 53.6 Å². The van der Waals surface area contributed by atoms with Crippen LogP contribution < -0.4 is 10.7 Å². The largest absolute Gasteiger partial charge is 0.508 e. The maximum atomic E-state index is 14.8. The molecule has 0 spiro atoms. The average Bonchev–Trinajstić information content (AvgIpc) is 3.60. The van der Waals surface area contributed by atoms with Gasteiger partial charge in [-0.1, -0.05) is 78.9 Å². The summed E-state index contributed by atoms with van der Waals surface area (Å²) in [5.41, 5.74) is 9.09. The normalized spacial score (nSPS) is 19.1. The van der Waals surface area contributed by atoms with Gasteiger partial charge in [0.25, 0.3) is 5.91 Å². The molecule has 0 radical (unpaired) electrons. The number of likely N-dealkylation sites (N-methyl/N-ethyl adjacent to an activating group) is 1. The summed E-state index contributed by atoms with van der Waals surface area (Å²) in [7, 11) is 4.05. The monoisotopic (exact) mass is 809 g/mol. The number of aromatic nitrogens is 1. The van der Waals surface area contributed by atoms with Crippen molar-refractivity contribution in [3.63, 3.8) is 0 Å². The van der Waals surface area contributed by atoms with E-state index in [2.05, 4.69) is 46.1 Å². The molecule has 310 valence electrons. The molecule has 3 fully saturated rings. The van der Waals surface area contributed by atoms with Crippen molar-refractivity contribution in [2.75, 3.05) is 52.9 Å². The number of carbonyl (C=O) groups excluding carboxylic acids is 4.